The van der Waals surface area contributed by atoms with Gasteiger partial charge in [-0.2, -0.15) is 8.42 Å². The predicted octanol–water partition coefficient (Wildman–Crippen LogP) is 2.14. The van der Waals surface area contributed by atoms with Gasteiger partial charge in [0.1, 0.15) is 5.76 Å². The standard InChI is InChI=1S/C11H11IN2O3S/c12-8-1-3-9(4-2-8)14-18(15,16)11-6-5-10(7-13)17-11/h1-6,14H,7,13H2. The van der Waals surface area contributed by atoms with Gasteiger partial charge in [0, 0.05) is 9.26 Å². The van der Waals surface area contributed by atoms with E-state index in [0.717, 1.165) is 3.57 Å². The summed E-state index contributed by atoms with van der Waals surface area (Å²) in [4.78, 5) is 0. The van der Waals surface area contributed by atoms with Crippen LogP contribution in [0.2, 0.25) is 0 Å². The van der Waals surface area contributed by atoms with E-state index in [1.807, 2.05) is 12.1 Å². The van der Waals surface area contributed by atoms with Crippen LogP contribution in [0.1, 0.15) is 5.76 Å². The van der Waals surface area contributed by atoms with E-state index in [4.69, 9.17) is 10.2 Å². The molecule has 0 saturated heterocycles. The maximum absolute atomic E-state index is 12.0. The molecule has 0 atom stereocenters. The minimum absolute atomic E-state index is 0.137. The summed E-state index contributed by atoms with van der Waals surface area (Å²) in [6.45, 7) is 0.166. The number of nitrogens with one attached hydrogen (secondary N) is 1. The first kappa shape index (κ1) is 13.4. The van der Waals surface area contributed by atoms with E-state index in [0.29, 0.717) is 11.4 Å². The molecule has 0 fully saturated rings. The third kappa shape index (κ3) is 3.03. The fourth-order valence-corrected chi connectivity index (χ4v) is 2.71. The molecule has 7 heteroatoms. The Morgan fingerprint density at radius 1 is 1.17 bits per heavy atom. The fraction of sp³-hybridized carbons (Fsp3) is 0.0909. The fourth-order valence-electron chi connectivity index (χ4n) is 1.34. The Morgan fingerprint density at radius 3 is 2.39 bits per heavy atom. The molecule has 0 aliphatic heterocycles. The molecule has 0 bridgehead atoms. The van der Waals surface area contributed by atoms with Gasteiger partial charge >= 0.3 is 0 Å². The minimum atomic E-state index is -3.69. The summed E-state index contributed by atoms with van der Waals surface area (Å²) in [7, 11) is -3.69. The van der Waals surface area contributed by atoms with Crippen LogP contribution in [0.3, 0.4) is 0 Å². The first-order valence-corrected chi connectivity index (χ1v) is 7.64. The number of halogens is 1. The van der Waals surface area contributed by atoms with Gasteiger partial charge < -0.3 is 10.2 Å². The smallest absolute Gasteiger partial charge is 0.295 e. The summed E-state index contributed by atoms with van der Waals surface area (Å²) in [6.07, 6.45) is 0. The second kappa shape index (κ2) is 5.29. The molecule has 0 radical (unpaired) electrons. The average molecular weight is 378 g/mol. The van der Waals surface area contributed by atoms with Gasteiger partial charge in [-0.3, -0.25) is 4.72 Å². The van der Waals surface area contributed by atoms with E-state index < -0.39 is 10.0 Å². The summed E-state index contributed by atoms with van der Waals surface area (Å²) in [5, 5.41) is -0.137. The normalized spacial score (nSPS) is 11.4. The van der Waals surface area contributed by atoms with Crippen LogP contribution in [-0.4, -0.2) is 8.42 Å². The molecule has 0 saturated carbocycles. The third-order valence-electron chi connectivity index (χ3n) is 2.20. The summed E-state index contributed by atoms with van der Waals surface area (Å²) in [6, 6.07) is 9.93. The maximum Gasteiger partial charge on any atom is 0.295 e. The lowest BCUT2D eigenvalue weighted by molar-refractivity contribution is 0.417. The van der Waals surface area contributed by atoms with Crippen molar-refractivity contribution in [3.8, 4) is 0 Å². The molecule has 96 valence electrons. The van der Waals surface area contributed by atoms with Gasteiger partial charge in [-0.25, -0.2) is 0 Å². The van der Waals surface area contributed by atoms with Crippen LogP contribution in [0.5, 0.6) is 0 Å². The highest BCUT2D eigenvalue weighted by atomic mass is 127. The van der Waals surface area contributed by atoms with Crippen molar-refractivity contribution in [2.75, 3.05) is 4.72 Å². The molecule has 18 heavy (non-hydrogen) atoms. The van der Waals surface area contributed by atoms with Crippen LogP contribution < -0.4 is 10.5 Å². The van der Waals surface area contributed by atoms with Gasteiger partial charge in [0.25, 0.3) is 10.0 Å². The number of benzene rings is 1. The quantitative estimate of drug-likeness (QED) is 0.799. The molecule has 0 spiro atoms. The van der Waals surface area contributed by atoms with Crippen LogP contribution in [0.4, 0.5) is 5.69 Å². The Kier molecular flexibility index (Phi) is 3.93. The highest BCUT2D eigenvalue weighted by molar-refractivity contribution is 14.1. The molecular formula is C11H11IN2O3S. The Bertz CT molecular complexity index is 635. The van der Waals surface area contributed by atoms with E-state index in [1.54, 1.807) is 18.2 Å². The average Bonchev–Trinajstić information content (AvgIpc) is 2.81. The zero-order valence-corrected chi connectivity index (χ0v) is 12.2. The zero-order valence-electron chi connectivity index (χ0n) is 9.26. The van der Waals surface area contributed by atoms with E-state index >= 15 is 0 Å². The predicted molar refractivity (Wildman–Crippen MR) is 76.6 cm³/mol. The van der Waals surface area contributed by atoms with E-state index in [1.165, 1.54) is 6.07 Å². The van der Waals surface area contributed by atoms with Gasteiger partial charge in [0.2, 0.25) is 5.09 Å². The lowest BCUT2D eigenvalue weighted by Crippen LogP contribution is -2.12. The van der Waals surface area contributed by atoms with E-state index in [9.17, 15) is 8.42 Å². The largest absolute Gasteiger partial charge is 0.446 e. The van der Waals surface area contributed by atoms with Crippen molar-refractivity contribution in [1.29, 1.82) is 0 Å². The number of nitrogens with two attached hydrogens (primary N) is 1. The number of anilines is 1. The van der Waals surface area contributed by atoms with Crippen molar-refractivity contribution in [3.05, 3.63) is 45.7 Å². The molecule has 5 nitrogen and oxygen atoms in total. The number of hydrogen-bond donors (Lipinski definition) is 2. The molecule has 1 aromatic heterocycles. The molecule has 2 rings (SSSR count). The SMILES string of the molecule is NCc1ccc(S(=O)(=O)Nc2ccc(I)cc2)o1. The second-order valence-corrected chi connectivity index (χ2v) is 6.40. The molecule has 0 unspecified atom stereocenters. The van der Waals surface area contributed by atoms with E-state index in [2.05, 4.69) is 27.3 Å². The second-order valence-electron chi connectivity index (χ2n) is 3.54. The third-order valence-corrected chi connectivity index (χ3v) is 4.17. The molecule has 0 amide bonds. The van der Waals surface area contributed by atoms with Crippen molar-refractivity contribution in [2.45, 2.75) is 11.6 Å². The first-order chi connectivity index (χ1) is 8.51. The monoisotopic (exact) mass is 378 g/mol. The van der Waals surface area contributed by atoms with Gasteiger partial charge in [0.15, 0.2) is 0 Å². The van der Waals surface area contributed by atoms with E-state index in [-0.39, 0.29) is 11.6 Å². The number of rotatable bonds is 4. The lowest BCUT2D eigenvalue weighted by Gasteiger charge is -2.05. The number of hydrogen-bond acceptors (Lipinski definition) is 4. The van der Waals surface area contributed by atoms with Crippen LogP contribution in [0, 0.1) is 3.57 Å². The lowest BCUT2D eigenvalue weighted by atomic mass is 10.3. The molecule has 1 aromatic carbocycles. The van der Waals surface area contributed by atoms with Crippen molar-refractivity contribution in [1.82, 2.24) is 0 Å². The minimum Gasteiger partial charge on any atom is -0.446 e. The Hall–Kier alpha value is -1.06. The van der Waals surface area contributed by atoms with Gasteiger partial charge in [-0.15, -0.1) is 0 Å². The Balaban J connectivity index is 2.24. The molecule has 1 heterocycles. The van der Waals surface area contributed by atoms with Crippen molar-refractivity contribution in [2.24, 2.45) is 5.73 Å². The van der Waals surface area contributed by atoms with Crippen molar-refractivity contribution >= 4 is 38.3 Å². The summed E-state index contributed by atoms with van der Waals surface area (Å²) >= 11 is 2.14. The summed E-state index contributed by atoms with van der Waals surface area (Å²) < 4.78 is 32.5. The highest BCUT2D eigenvalue weighted by Gasteiger charge is 2.18. The van der Waals surface area contributed by atoms with Crippen LogP contribution in [0.25, 0.3) is 0 Å². The van der Waals surface area contributed by atoms with Gasteiger partial charge in [0.05, 0.1) is 6.54 Å². The van der Waals surface area contributed by atoms with Crippen molar-refractivity contribution in [3.63, 3.8) is 0 Å². The van der Waals surface area contributed by atoms with Crippen LogP contribution in [0.15, 0.2) is 45.9 Å². The Morgan fingerprint density at radius 2 is 1.83 bits per heavy atom. The Labute approximate surface area is 119 Å². The molecule has 3 N–H and O–H groups in total. The molecule has 0 aliphatic carbocycles. The summed E-state index contributed by atoms with van der Waals surface area (Å²) in [5.41, 5.74) is 5.85. The summed E-state index contributed by atoms with van der Waals surface area (Å²) in [5.74, 6) is 0.429. The molecular weight excluding hydrogens is 367 g/mol. The highest BCUT2D eigenvalue weighted by Crippen LogP contribution is 2.19. The molecule has 2 aromatic rings. The van der Waals surface area contributed by atoms with Gasteiger partial charge in [-0.1, -0.05) is 0 Å². The topological polar surface area (TPSA) is 85.3 Å². The van der Waals surface area contributed by atoms with Gasteiger partial charge in [-0.05, 0) is 59.0 Å². The number of sulfonamides is 1. The molecule has 0 aliphatic rings. The number of furan rings is 1. The van der Waals surface area contributed by atoms with Crippen LogP contribution in [-0.2, 0) is 16.6 Å². The first-order valence-electron chi connectivity index (χ1n) is 5.08. The van der Waals surface area contributed by atoms with Crippen LogP contribution >= 0.6 is 22.6 Å². The zero-order chi connectivity index (χ0) is 13.2. The van der Waals surface area contributed by atoms with Crippen molar-refractivity contribution < 1.29 is 12.8 Å². The maximum atomic E-state index is 12.0.